The van der Waals surface area contributed by atoms with Crippen molar-refractivity contribution < 1.29 is 9.84 Å². The second-order valence-electron chi connectivity index (χ2n) is 4.32. The number of aryl methyl sites for hydroxylation is 2. The zero-order valence-electron chi connectivity index (χ0n) is 11.2. The van der Waals surface area contributed by atoms with E-state index in [1.807, 2.05) is 26.0 Å². The minimum atomic E-state index is -0.783. The molecule has 1 atom stereocenters. The third-order valence-corrected chi connectivity index (χ3v) is 3.38. The number of aliphatic hydroxyl groups excluding tert-OH is 1. The van der Waals surface area contributed by atoms with E-state index >= 15 is 0 Å². The predicted molar refractivity (Wildman–Crippen MR) is 74.7 cm³/mol. The summed E-state index contributed by atoms with van der Waals surface area (Å²) in [6, 6.07) is 5.43. The molecule has 19 heavy (non-hydrogen) atoms. The molecule has 0 fully saturated rings. The van der Waals surface area contributed by atoms with Crippen LogP contribution in [0, 0.1) is 6.92 Å². The first-order chi connectivity index (χ1) is 9.08. The lowest BCUT2D eigenvalue weighted by Gasteiger charge is -2.16. The number of aliphatic hydroxyl groups is 1. The molecule has 0 saturated carbocycles. The molecule has 1 aromatic carbocycles. The smallest absolute Gasteiger partial charge is 0.163 e. The Hall–Kier alpha value is -1.52. The molecule has 0 saturated heterocycles. The molecule has 0 spiro atoms. The maximum absolute atomic E-state index is 10.6. The molecular formula is C14H17ClN2O2. The second kappa shape index (κ2) is 5.63. The van der Waals surface area contributed by atoms with E-state index in [0.717, 1.165) is 11.1 Å². The Kier molecular flexibility index (Phi) is 4.12. The van der Waals surface area contributed by atoms with E-state index in [2.05, 4.69) is 5.10 Å². The van der Waals surface area contributed by atoms with Crippen molar-refractivity contribution in [2.24, 2.45) is 0 Å². The quantitative estimate of drug-likeness (QED) is 0.937. The average molecular weight is 281 g/mol. The lowest BCUT2D eigenvalue weighted by atomic mass is 10.0. The second-order valence-corrected chi connectivity index (χ2v) is 4.75. The SMILES string of the molecule is CCn1ncc(OC)c1C(O)c1ccc(Cl)cc1C. The van der Waals surface area contributed by atoms with Crippen molar-refractivity contribution in [1.29, 1.82) is 0 Å². The molecule has 0 bridgehead atoms. The number of rotatable bonds is 4. The van der Waals surface area contributed by atoms with Gasteiger partial charge in [0.05, 0.1) is 13.3 Å². The van der Waals surface area contributed by atoms with Gasteiger partial charge in [0.25, 0.3) is 0 Å². The van der Waals surface area contributed by atoms with Gasteiger partial charge in [-0.05, 0) is 37.1 Å². The van der Waals surface area contributed by atoms with Crippen LogP contribution in [0.1, 0.15) is 29.8 Å². The monoisotopic (exact) mass is 280 g/mol. The summed E-state index contributed by atoms with van der Waals surface area (Å²) in [6.07, 6.45) is 0.836. The fourth-order valence-electron chi connectivity index (χ4n) is 2.16. The number of ether oxygens (including phenoxy) is 1. The van der Waals surface area contributed by atoms with Gasteiger partial charge in [-0.1, -0.05) is 17.7 Å². The van der Waals surface area contributed by atoms with Crippen LogP contribution >= 0.6 is 11.6 Å². The van der Waals surface area contributed by atoms with Crippen LogP contribution in [-0.4, -0.2) is 22.0 Å². The molecule has 0 aliphatic carbocycles. The van der Waals surface area contributed by atoms with Crippen LogP contribution in [0.4, 0.5) is 0 Å². The molecule has 4 nitrogen and oxygen atoms in total. The van der Waals surface area contributed by atoms with Crippen LogP contribution in [-0.2, 0) is 6.54 Å². The van der Waals surface area contributed by atoms with Gasteiger partial charge in [0.15, 0.2) is 5.75 Å². The van der Waals surface area contributed by atoms with Gasteiger partial charge in [-0.15, -0.1) is 0 Å². The first-order valence-electron chi connectivity index (χ1n) is 6.12. The van der Waals surface area contributed by atoms with E-state index in [9.17, 15) is 5.11 Å². The average Bonchev–Trinajstić information content (AvgIpc) is 2.80. The van der Waals surface area contributed by atoms with Gasteiger partial charge in [0, 0.05) is 11.6 Å². The zero-order chi connectivity index (χ0) is 14.0. The maximum Gasteiger partial charge on any atom is 0.163 e. The normalized spacial score (nSPS) is 12.5. The number of hydrogen-bond donors (Lipinski definition) is 1. The number of halogens is 1. The highest BCUT2D eigenvalue weighted by atomic mass is 35.5. The molecule has 0 aliphatic rings. The van der Waals surface area contributed by atoms with Gasteiger partial charge < -0.3 is 9.84 Å². The summed E-state index contributed by atoms with van der Waals surface area (Å²) in [6.45, 7) is 4.56. The third kappa shape index (κ3) is 2.60. The van der Waals surface area contributed by atoms with E-state index in [0.29, 0.717) is 23.0 Å². The molecule has 2 aromatic rings. The van der Waals surface area contributed by atoms with Gasteiger partial charge in [-0.3, -0.25) is 4.68 Å². The van der Waals surface area contributed by atoms with Crippen LogP contribution < -0.4 is 4.74 Å². The molecular weight excluding hydrogens is 264 g/mol. The Morgan fingerprint density at radius 1 is 1.47 bits per heavy atom. The molecule has 1 N–H and O–H groups in total. The van der Waals surface area contributed by atoms with Crippen molar-refractivity contribution in [3.63, 3.8) is 0 Å². The summed E-state index contributed by atoms with van der Waals surface area (Å²) in [5.74, 6) is 0.587. The number of benzene rings is 1. The van der Waals surface area contributed by atoms with Gasteiger partial charge in [-0.25, -0.2) is 0 Å². The maximum atomic E-state index is 10.6. The zero-order valence-corrected chi connectivity index (χ0v) is 12.0. The Balaban J connectivity index is 2.48. The highest BCUT2D eigenvalue weighted by molar-refractivity contribution is 6.30. The van der Waals surface area contributed by atoms with E-state index in [4.69, 9.17) is 16.3 Å². The van der Waals surface area contributed by atoms with Gasteiger partial charge in [0.2, 0.25) is 0 Å². The molecule has 0 amide bonds. The largest absolute Gasteiger partial charge is 0.493 e. The van der Waals surface area contributed by atoms with Crippen molar-refractivity contribution in [1.82, 2.24) is 9.78 Å². The summed E-state index contributed by atoms with van der Waals surface area (Å²) in [5, 5.41) is 15.5. The molecule has 0 radical (unpaired) electrons. The number of hydrogen-bond acceptors (Lipinski definition) is 3. The third-order valence-electron chi connectivity index (χ3n) is 3.15. The number of aromatic nitrogens is 2. The molecule has 0 aliphatic heterocycles. The van der Waals surface area contributed by atoms with E-state index in [1.54, 1.807) is 24.1 Å². The molecule has 1 unspecified atom stereocenters. The van der Waals surface area contributed by atoms with Crippen molar-refractivity contribution in [3.8, 4) is 5.75 Å². The van der Waals surface area contributed by atoms with Crippen LogP contribution in [0.5, 0.6) is 5.75 Å². The summed E-state index contributed by atoms with van der Waals surface area (Å²) >= 11 is 5.94. The van der Waals surface area contributed by atoms with Crippen molar-refractivity contribution in [3.05, 3.63) is 46.2 Å². The summed E-state index contributed by atoms with van der Waals surface area (Å²) < 4.78 is 7.00. The fourth-order valence-corrected chi connectivity index (χ4v) is 2.38. The Morgan fingerprint density at radius 3 is 2.79 bits per heavy atom. The number of methoxy groups -OCH3 is 1. The van der Waals surface area contributed by atoms with E-state index in [-0.39, 0.29) is 0 Å². The standard InChI is InChI=1S/C14H17ClN2O2/c1-4-17-13(12(19-3)8-16-17)14(18)11-6-5-10(15)7-9(11)2/h5-8,14,18H,4H2,1-3H3. The van der Waals surface area contributed by atoms with Crippen LogP contribution in [0.3, 0.4) is 0 Å². The Bertz CT molecular complexity index is 559. The predicted octanol–water partition coefficient (Wildman–Crippen LogP) is 2.96. The number of nitrogens with zero attached hydrogens (tertiary/aromatic N) is 2. The van der Waals surface area contributed by atoms with Crippen molar-refractivity contribution in [2.75, 3.05) is 7.11 Å². The minimum absolute atomic E-state index is 0.587. The molecule has 2 rings (SSSR count). The first kappa shape index (κ1) is 13.9. The summed E-state index contributed by atoms with van der Waals surface area (Å²) in [7, 11) is 1.57. The van der Waals surface area contributed by atoms with Crippen molar-refractivity contribution >= 4 is 11.6 Å². The van der Waals surface area contributed by atoms with Gasteiger partial charge >= 0.3 is 0 Å². The fraction of sp³-hybridized carbons (Fsp3) is 0.357. The van der Waals surface area contributed by atoms with Gasteiger partial charge in [0.1, 0.15) is 11.8 Å². The van der Waals surface area contributed by atoms with Gasteiger partial charge in [-0.2, -0.15) is 5.10 Å². The van der Waals surface area contributed by atoms with Crippen LogP contribution in [0.2, 0.25) is 5.02 Å². The molecule has 102 valence electrons. The summed E-state index contributed by atoms with van der Waals surface area (Å²) in [5.41, 5.74) is 2.40. The molecule has 1 aromatic heterocycles. The Morgan fingerprint density at radius 2 is 2.21 bits per heavy atom. The van der Waals surface area contributed by atoms with Crippen LogP contribution in [0.15, 0.2) is 24.4 Å². The van der Waals surface area contributed by atoms with E-state index < -0.39 is 6.10 Å². The highest BCUT2D eigenvalue weighted by Gasteiger charge is 2.22. The lowest BCUT2D eigenvalue weighted by molar-refractivity contribution is 0.202. The lowest BCUT2D eigenvalue weighted by Crippen LogP contribution is -2.11. The topological polar surface area (TPSA) is 47.3 Å². The molecule has 1 heterocycles. The van der Waals surface area contributed by atoms with E-state index in [1.165, 1.54) is 0 Å². The minimum Gasteiger partial charge on any atom is -0.493 e. The van der Waals surface area contributed by atoms with Crippen molar-refractivity contribution in [2.45, 2.75) is 26.5 Å². The Labute approximate surface area is 117 Å². The molecule has 5 heteroatoms. The summed E-state index contributed by atoms with van der Waals surface area (Å²) in [4.78, 5) is 0. The first-order valence-corrected chi connectivity index (χ1v) is 6.50. The van der Waals surface area contributed by atoms with Crippen LogP contribution in [0.25, 0.3) is 0 Å². The highest BCUT2D eigenvalue weighted by Crippen LogP contribution is 2.32.